The summed E-state index contributed by atoms with van der Waals surface area (Å²) >= 11 is 0. The Hall–Kier alpha value is -1.69. The van der Waals surface area contributed by atoms with Crippen molar-refractivity contribution in [2.45, 2.75) is 13.5 Å². The fourth-order valence-electron chi connectivity index (χ4n) is 1.20. The van der Waals surface area contributed by atoms with Gasteiger partial charge in [-0.2, -0.15) is 10.1 Å². The molecule has 0 unspecified atom stereocenters. The molecule has 0 aromatic carbocycles. The second-order valence-electron chi connectivity index (χ2n) is 3.17. The van der Waals surface area contributed by atoms with Crippen LogP contribution in [0.1, 0.15) is 12.8 Å². The van der Waals surface area contributed by atoms with Crippen molar-refractivity contribution < 1.29 is 4.52 Å². The van der Waals surface area contributed by atoms with Gasteiger partial charge in [0.25, 0.3) is 0 Å². The zero-order valence-corrected chi connectivity index (χ0v) is 8.77. The van der Waals surface area contributed by atoms with Gasteiger partial charge < -0.3 is 9.84 Å². The molecule has 0 aliphatic carbocycles. The zero-order valence-electron chi connectivity index (χ0n) is 8.77. The SMILES string of the molecule is CCNCc1nc(-c2ccn(C)n2)no1. The van der Waals surface area contributed by atoms with E-state index in [2.05, 4.69) is 20.6 Å². The molecule has 2 rings (SSSR count). The molecule has 0 radical (unpaired) electrons. The van der Waals surface area contributed by atoms with E-state index >= 15 is 0 Å². The molecule has 0 amide bonds. The second-order valence-corrected chi connectivity index (χ2v) is 3.17. The first-order valence-electron chi connectivity index (χ1n) is 4.83. The maximum absolute atomic E-state index is 5.06. The fraction of sp³-hybridized carbons (Fsp3) is 0.444. The van der Waals surface area contributed by atoms with Crippen LogP contribution in [-0.4, -0.2) is 26.5 Å². The molecule has 6 heteroatoms. The van der Waals surface area contributed by atoms with E-state index in [0.717, 1.165) is 12.2 Å². The molecule has 0 aliphatic heterocycles. The van der Waals surface area contributed by atoms with Gasteiger partial charge in [-0.15, -0.1) is 0 Å². The normalized spacial score (nSPS) is 10.8. The van der Waals surface area contributed by atoms with Gasteiger partial charge in [0.05, 0.1) is 6.54 Å². The summed E-state index contributed by atoms with van der Waals surface area (Å²) < 4.78 is 6.76. The van der Waals surface area contributed by atoms with Gasteiger partial charge in [0.2, 0.25) is 11.7 Å². The van der Waals surface area contributed by atoms with Gasteiger partial charge in [-0.3, -0.25) is 4.68 Å². The summed E-state index contributed by atoms with van der Waals surface area (Å²) in [6.45, 7) is 3.49. The molecule has 2 heterocycles. The molecule has 1 N–H and O–H groups in total. The molecule has 0 aliphatic rings. The van der Waals surface area contributed by atoms with Crippen LogP contribution in [0.3, 0.4) is 0 Å². The minimum absolute atomic E-state index is 0.531. The van der Waals surface area contributed by atoms with Crippen LogP contribution in [0, 0.1) is 0 Å². The van der Waals surface area contributed by atoms with Crippen molar-refractivity contribution in [1.82, 2.24) is 25.2 Å². The van der Waals surface area contributed by atoms with Gasteiger partial charge in [-0.05, 0) is 12.6 Å². The lowest BCUT2D eigenvalue weighted by atomic mass is 10.4. The maximum Gasteiger partial charge on any atom is 0.240 e. The van der Waals surface area contributed by atoms with Crippen LogP contribution in [0.2, 0.25) is 0 Å². The molecule has 0 atom stereocenters. The van der Waals surface area contributed by atoms with Crippen LogP contribution in [-0.2, 0) is 13.6 Å². The highest BCUT2D eigenvalue weighted by atomic mass is 16.5. The number of hydrogen-bond donors (Lipinski definition) is 1. The van der Waals surface area contributed by atoms with E-state index in [0.29, 0.717) is 18.3 Å². The zero-order chi connectivity index (χ0) is 10.7. The molecule has 0 fully saturated rings. The van der Waals surface area contributed by atoms with E-state index in [1.165, 1.54) is 0 Å². The molecule has 2 aromatic rings. The number of aromatic nitrogens is 4. The predicted molar refractivity (Wildman–Crippen MR) is 53.9 cm³/mol. The van der Waals surface area contributed by atoms with E-state index < -0.39 is 0 Å². The largest absolute Gasteiger partial charge is 0.337 e. The first-order valence-corrected chi connectivity index (χ1v) is 4.83. The topological polar surface area (TPSA) is 68.8 Å². The second kappa shape index (κ2) is 4.22. The van der Waals surface area contributed by atoms with Gasteiger partial charge in [-0.1, -0.05) is 12.1 Å². The number of aryl methyl sites for hydroxylation is 1. The summed E-state index contributed by atoms with van der Waals surface area (Å²) in [6, 6.07) is 1.85. The molecular weight excluding hydrogens is 194 g/mol. The number of nitrogens with one attached hydrogen (secondary N) is 1. The molecule has 2 aromatic heterocycles. The smallest absolute Gasteiger partial charge is 0.240 e. The molecule has 0 spiro atoms. The summed E-state index contributed by atoms with van der Waals surface area (Å²) in [5.41, 5.74) is 0.726. The van der Waals surface area contributed by atoms with E-state index in [1.807, 2.05) is 26.2 Å². The minimum Gasteiger partial charge on any atom is -0.337 e. The highest BCUT2D eigenvalue weighted by molar-refractivity contribution is 5.46. The average Bonchev–Trinajstić information content (AvgIpc) is 2.83. The molecule has 6 nitrogen and oxygen atoms in total. The number of nitrogens with zero attached hydrogens (tertiary/aromatic N) is 4. The molecule has 80 valence electrons. The number of hydrogen-bond acceptors (Lipinski definition) is 5. The lowest BCUT2D eigenvalue weighted by Crippen LogP contribution is -2.11. The standard InChI is InChI=1S/C9H13N5O/c1-3-10-6-8-11-9(13-15-8)7-4-5-14(2)12-7/h4-5,10H,3,6H2,1-2H3. The van der Waals surface area contributed by atoms with Gasteiger partial charge >= 0.3 is 0 Å². The van der Waals surface area contributed by atoms with Crippen LogP contribution in [0.5, 0.6) is 0 Å². The maximum atomic E-state index is 5.06. The van der Waals surface area contributed by atoms with Gasteiger partial charge in [0, 0.05) is 13.2 Å². The predicted octanol–water partition coefficient (Wildman–Crippen LogP) is 0.580. The third-order valence-corrected chi connectivity index (χ3v) is 1.94. The highest BCUT2D eigenvalue weighted by Crippen LogP contribution is 2.11. The fourth-order valence-corrected chi connectivity index (χ4v) is 1.20. The van der Waals surface area contributed by atoms with Gasteiger partial charge in [-0.25, -0.2) is 0 Å². The molecular formula is C9H13N5O. The van der Waals surface area contributed by atoms with Crippen LogP contribution >= 0.6 is 0 Å². The first-order chi connectivity index (χ1) is 7.29. The van der Waals surface area contributed by atoms with Crippen LogP contribution < -0.4 is 5.32 Å². The summed E-state index contributed by atoms with van der Waals surface area (Å²) in [5.74, 6) is 1.11. The summed E-state index contributed by atoms with van der Waals surface area (Å²) in [7, 11) is 1.85. The van der Waals surface area contributed by atoms with E-state index in [1.54, 1.807) is 4.68 Å². The Morgan fingerprint density at radius 1 is 1.53 bits per heavy atom. The van der Waals surface area contributed by atoms with Gasteiger partial charge in [0.1, 0.15) is 5.69 Å². The Kier molecular flexibility index (Phi) is 2.77. The van der Waals surface area contributed by atoms with Crippen molar-refractivity contribution in [3.63, 3.8) is 0 Å². The Labute approximate surface area is 87.3 Å². The van der Waals surface area contributed by atoms with E-state index in [9.17, 15) is 0 Å². The van der Waals surface area contributed by atoms with Crippen molar-refractivity contribution >= 4 is 0 Å². The Balaban J connectivity index is 2.13. The summed E-state index contributed by atoms with van der Waals surface area (Å²) in [6.07, 6.45) is 1.84. The Morgan fingerprint density at radius 2 is 2.40 bits per heavy atom. The quantitative estimate of drug-likeness (QED) is 0.794. The molecule has 0 saturated carbocycles. The van der Waals surface area contributed by atoms with E-state index in [-0.39, 0.29) is 0 Å². The minimum atomic E-state index is 0.531. The Bertz CT molecular complexity index is 433. The monoisotopic (exact) mass is 207 g/mol. The van der Waals surface area contributed by atoms with Crippen LogP contribution in [0.15, 0.2) is 16.8 Å². The van der Waals surface area contributed by atoms with Crippen LogP contribution in [0.4, 0.5) is 0 Å². The highest BCUT2D eigenvalue weighted by Gasteiger charge is 2.09. The average molecular weight is 207 g/mol. The summed E-state index contributed by atoms with van der Waals surface area (Å²) in [4.78, 5) is 4.22. The number of rotatable bonds is 4. The molecule has 15 heavy (non-hydrogen) atoms. The lowest BCUT2D eigenvalue weighted by Gasteiger charge is -1.92. The third-order valence-electron chi connectivity index (χ3n) is 1.94. The Morgan fingerprint density at radius 3 is 3.07 bits per heavy atom. The summed E-state index contributed by atoms with van der Waals surface area (Å²) in [5, 5.41) is 11.1. The van der Waals surface area contributed by atoms with Crippen molar-refractivity contribution in [3.05, 3.63) is 18.2 Å². The first kappa shape index (κ1) is 9.85. The third kappa shape index (κ3) is 2.21. The van der Waals surface area contributed by atoms with Crippen molar-refractivity contribution in [3.8, 4) is 11.5 Å². The molecule has 0 bridgehead atoms. The van der Waals surface area contributed by atoms with Crippen molar-refractivity contribution in [2.24, 2.45) is 7.05 Å². The van der Waals surface area contributed by atoms with Gasteiger partial charge in [0.15, 0.2) is 0 Å². The van der Waals surface area contributed by atoms with Crippen LogP contribution in [0.25, 0.3) is 11.5 Å². The van der Waals surface area contributed by atoms with Crippen molar-refractivity contribution in [1.29, 1.82) is 0 Å². The lowest BCUT2D eigenvalue weighted by molar-refractivity contribution is 0.369. The van der Waals surface area contributed by atoms with Crippen molar-refractivity contribution in [2.75, 3.05) is 6.54 Å². The van der Waals surface area contributed by atoms with E-state index in [4.69, 9.17) is 4.52 Å². The molecule has 0 saturated heterocycles.